The second-order valence-corrected chi connectivity index (χ2v) is 13.2. The van der Waals surface area contributed by atoms with Crippen LogP contribution in [0.15, 0.2) is 54.6 Å². The van der Waals surface area contributed by atoms with Gasteiger partial charge in [-0.2, -0.15) is 0 Å². The summed E-state index contributed by atoms with van der Waals surface area (Å²) >= 11 is 0. The first kappa shape index (κ1) is 32.2. The van der Waals surface area contributed by atoms with Gasteiger partial charge in [-0.3, -0.25) is 9.78 Å². The van der Waals surface area contributed by atoms with Gasteiger partial charge in [0.05, 0.1) is 17.4 Å². The van der Waals surface area contributed by atoms with Crippen LogP contribution in [0.25, 0.3) is 11.1 Å². The first-order chi connectivity index (χ1) is 20.2. The highest BCUT2D eigenvalue weighted by molar-refractivity contribution is 5.95. The summed E-state index contributed by atoms with van der Waals surface area (Å²) in [5, 5.41) is 3.00. The van der Waals surface area contributed by atoms with Gasteiger partial charge in [-0.15, -0.1) is 0 Å². The molecule has 1 unspecified atom stereocenters. The molecule has 0 bridgehead atoms. The Morgan fingerprint density at radius 2 is 1.58 bits per heavy atom. The number of aryl methyl sites for hydroxylation is 2. The van der Waals surface area contributed by atoms with Crippen molar-refractivity contribution in [1.29, 1.82) is 0 Å². The number of aromatic nitrogens is 1. The molecule has 3 aromatic rings. The molecule has 1 amide bonds. The molecular formula is C36H47N3O4. The number of carbonyl (C=O) groups excluding carboxylic acids is 2. The van der Waals surface area contributed by atoms with E-state index in [0.717, 1.165) is 52.4 Å². The molecule has 43 heavy (non-hydrogen) atoms. The van der Waals surface area contributed by atoms with Crippen molar-refractivity contribution in [2.75, 3.05) is 18.0 Å². The number of hydrogen-bond donors (Lipinski definition) is 1. The number of anilines is 1. The molecule has 1 aliphatic heterocycles. The zero-order valence-corrected chi connectivity index (χ0v) is 27.2. The van der Waals surface area contributed by atoms with E-state index in [-0.39, 0.29) is 12.0 Å². The van der Waals surface area contributed by atoms with Crippen molar-refractivity contribution >= 4 is 17.6 Å². The van der Waals surface area contributed by atoms with Gasteiger partial charge in [-0.25, -0.2) is 4.79 Å². The van der Waals surface area contributed by atoms with Crippen LogP contribution in [0.1, 0.15) is 87.4 Å². The first-order valence-electron chi connectivity index (χ1n) is 15.3. The third kappa shape index (κ3) is 7.82. The topological polar surface area (TPSA) is 80.8 Å². The van der Waals surface area contributed by atoms with Crippen molar-refractivity contribution in [2.24, 2.45) is 11.8 Å². The van der Waals surface area contributed by atoms with Gasteiger partial charge in [0, 0.05) is 47.7 Å². The van der Waals surface area contributed by atoms with E-state index < -0.39 is 17.7 Å². The third-order valence-corrected chi connectivity index (χ3v) is 7.78. The minimum Gasteiger partial charge on any atom is -0.461 e. The first-order valence-corrected chi connectivity index (χ1v) is 15.3. The predicted octanol–water partition coefficient (Wildman–Crippen LogP) is 7.20. The molecule has 1 saturated heterocycles. The second kappa shape index (κ2) is 13.3. The molecular weight excluding hydrogens is 538 g/mol. The average molecular weight is 586 g/mol. The number of esters is 1. The maximum atomic E-state index is 13.6. The number of nitrogens with zero attached hydrogens (tertiary/aromatic N) is 2. The van der Waals surface area contributed by atoms with E-state index in [9.17, 15) is 9.59 Å². The Balaban J connectivity index is 1.77. The Morgan fingerprint density at radius 3 is 2.14 bits per heavy atom. The molecule has 230 valence electrons. The molecule has 0 saturated carbocycles. The molecule has 0 spiro atoms. The van der Waals surface area contributed by atoms with Crippen molar-refractivity contribution in [2.45, 2.75) is 86.7 Å². The van der Waals surface area contributed by atoms with Crippen LogP contribution >= 0.6 is 0 Å². The zero-order valence-electron chi connectivity index (χ0n) is 27.2. The summed E-state index contributed by atoms with van der Waals surface area (Å²) in [5.41, 5.74) is 6.21. The van der Waals surface area contributed by atoms with E-state index in [4.69, 9.17) is 14.5 Å². The van der Waals surface area contributed by atoms with E-state index in [1.165, 1.54) is 0 Å². The van der Waals surface area contributed by atoms with Gasteiger partial charge in [-0.05, 0) is 83.6 Å². The lowest BCUT2D eigenvalue weighted by molar-refractivity contribution is -0.171. The quantitative estimate of drug-likeness (QED) is 0.254. The molecule has 0 radical (unpaired) electrons. The lowest BCUT2D eigenvalue weighted by Crippen LogP contribution is -2.50. The highest BCUT2D eigenvalue weighted by Gasteiger charge is 2.39. The summed E-state index contributed by atoms with van der Waals surface area (Å²) in [6.45, 7) is 20.2. The van der Waals surface area contributed by atoms with Crippen LogP contribution in [-0.4, -0.2) is 41.7 Å². The molecule has 2 heterocycles. The van der Waals surface area contributed by atoms with E-state index in [1.54, 1.807) is 0 Å². The minimum atomic E-state index is -0.939. The lowest BCUT2D eigenvalue weighted by atomic mass is 9.85. The number of nitrogens with one attached hydrogen (secondary N) is 1. The zero-order chi connectivity index (χ0) is 31.5. The molecule has 0 aliphatic carbocycles. The van der Waals surface area contributed by atoms with Gasteiger partial charge in [-0.1, -0.05) is 56.3 Å². The number of amides is 1. The Morgan fingerprint density at radius 1 is 0.953 bits per heavy atom. The standard InChI is InChI=1S/C36H47N3O4/c1-22(2)29-20-39(21-29)32-30(27-15-17-28(18-16-27)34(40)37-19-26-13-11-10-12-14-26)24(5)38-25(6)31(32)33(43-36(7,8)9)35(41)42-23(3)4/h10-18,22-23,29,33H,19-21H2,1-9H3,(H,37,40). The Bertz CT molecular complexity index is 1420. The van der Waals surface area contributed by atoms with E-state index in [1.807, 2.05) is 103 Å². The fraction of sp³-hybridized carbons (Fsp3) is 0.472. The number of hydrogen-bond acceptors (Lipinski definition) is 6. The molecule has 1 aliphatic rings. The summed E-state index contributed by atoms with van der Waals surface area (Å²) in [6.07, 6.45) is -1.22. The van der Waals surface area contributed by atoms with Gasteiger partial charge in [0.15, 0.2) is 6.10 Å². The number of ether oxygens (including phenoxy) is 2. The molecule has 1 atom stereocenters. The van der Waals surface area contributed by atoms with Crippen LogP contribution in [0.2, 0.25) is 0 Å². The largest absolute Gasteiger partial charge is 0.461 e. The summed E-state index contributed by atoms with van der Waals surface area (Å²) in [4.78, 5) is 33.9. The Hall–Kier alpha value is -3.71. The number of rotatable bonds is 10. The smallest absolute Gasteiger partial charge is 0.340 e. The molecule has 7 nitrogen and oxygen atoms in total. The molecule has 4 rings (SSSR count). The van der Waals surface area contributed by atoms with Crippen molar-refractivity contribution in [1.82, 2.24) is 10.3 Å². The molecule has 1 aromatic heterocycles. The summed E-state index contributed by atoms with van der Waals surface area (Å²) in [6, 6.07) is 17.5. The SMILES string of the molecule is Cc1nc(C)c(C(OC(C)(C)C)C(=O)OC(C)C)c(N2CC(C(C)C)C2)c1-c1ccc(C(=O)NCc2ccccc2)cc1. The van der Waals surface area contributed by atoms with E-state index in [0.29, 0.717) is 23.9 Å². The minimum absolute atomic E-state index is 0.132. The number of pyridine rings is 1. The number of carbonyl (C=O) groups is 2. The summed E-state index contributed by atoms with van der Waals surface area (Å²) in [5.74, 6) is 0.549. The van der Waals surface area contributed by atoms with Crippen LogP contribution in [0.4, 0.5) is 5.69 Å². The monoisotopic (exact) mass is 585 g/mol. The van der Waals surface area contributed by atoms with Gasteiger partial charge in [0.25, 0.3) is 5.91 Å². The average Bonchev–Trinajstić information content (AvgIpc) is 2.89. The van der Waals surface area contributed by atoms with Gasteiger partial charge >= 0.3 is 5.97 Å². The van der Waals surface area contributed by atoms with Crippen molar-refractivity contribution < 1.29 is 19.1 Å². The maximum absolute atomic E-state index is 13.6. The summed E-state index contributed by atoms with van der Waals surface area (Å²) in [7, 11) is 0. The Kier molecular flexibility index (Phi) is 9.96. The van der Waals surface area contributed by atoms with E-state index >= 15 is 0 Å². The molecule has 7 heteroatoms. The second-order valence-electron chi connectivity index (χ2n) is 13.2. The fourth-order valence-electron chi connectivity index (χ4n) is 5.49. The van der Waals surface area contributed by atoms with Crippen LogP contribution in [0.5, 0.6) is 0 Å². The van der Waals surface area contributed by atoms with Crippen LogP contribution in [0, 0.1) is 25.7 Å². The third-order valence-electron chi connectivity index (χ3n) is 7.78. The van der Waals surface area contributed by atoms with Crippen molar-refractivity contribution in [3.05, 3.63) is 82.7 Å². The highest BCUT2D eigenvalue weighted by atomic mass is 16.6. The Labute approximate surface area is 257 Å². The molecule has 2 aromatic carbocycles. The van der Waals surface area contributed by atoms with E-state index in [2.05, 4.69) is 24.1 Å². The highest BCUT2D eigenvalue weighted by Crippen LogP contribution is 2.45. The predicted molar refractivity (Wildman–Crippen MR) is 172 cm³/mol. The van der Waals surface area contributed by atoms with Crippen LogP contribution in [-0.2, 0) is 20.8 Å². The summed E-state index contributed by atoms with van der Waals surface area (Å²) < 4.78 is 12.2. The van der Waals surface area contributed by atoms with Gasteiger partial charge < -0.3 is 19.7 Å². The normalized spacial score (nSPS) is 14.5. The lowest BCUT2D eigenvalue weighted by Gasteiger charge is -2.46. The van der Waals surface area contributed by atoms with Crippen LogP contribution < -0.4 is 10.2 Å². The van der Waals surface area contributed by atoms with Gasteiger partial charge in [0.2, 0.25) is 0 Å². The molecule has 1 fully saturated rings. The van der Waals surface area contributed by atoms with Crippen LogP contribution in [0.3, 0.4) is 0 Å². The van der Waals surface area contributed by atoms with Crippen molar-refractivity contribution in [3.8, 4) is 11.1 Å². The maximum Gasteiger partial charge on any atom is 0.340 e. The fourth-order valence-corrected chi connectivity index (χ4v) is 5.49. The molecule has 1 N–H and O–H groups in total. The van der Waals surface area contributed by atoms with Crippen molar-refractivity contribution in [3.63, 3.8) is 0 Å². The van der Waals surface area contributed by atoms with Gasteiger partial charge in [0.1, 0.15) is 0 Å². The number of benzene rings is 2.